The molecule has 1 rings (SSSR count). The molecule has 1 heterocycles. The molecule has 6 atom stereocenters. The van der Waals surface area contributed by atoms with Gasteiger partial charge in [0.25, 0.3) is 0 Å². The lowest BCUT2D eigenvalue weighted by atomic mass is 9.99. The van der Waals surface area contributed by atoms with Gasteiger partial charge in [0.15, 0.2) is 6.29 Å². The number of ether oxygens (including phenoxy) is 4. The predicted octanol–water partition coefficient (Wildman–Crippen LogP) is 8.07. The van der Waals surface area contributed by atoms with Crippen molar-refractivity contribution in [3.05, 3.63) is 24.3 Å². The fourth-order valence-electron chi connectivity index (χ4n) is 6.35. The van der Waals surface area contributed by atoms with Crippen molar-refractivity contribution in [2.75, 3.05) is 26.4 Å². The van der Waals surface area contributed by atoms with Gasteiger partial charge >= 0.3 is 16.4 Å². The topological polar surface area (TPSA) is 178 Å². The highest BCUT2D eigenvalue weighted by Crippen LogP contribution is 2.26. The van der Waals surface area contributed by atoms with Crippen LogP contribution in [0.15, 0.2) is 24.3 Å². The summed E-state index contributed by atoms with van der Waals surface area (Å²) in [5.41, 5.74) is 0. The molecule has 13 heteroatoms. The standard InChI is InChI=1S/C41H76O12S/c1-3-5-7-9-10-11-12-13-14-15-16-17-18-19-20-21-22-23-24-25-27-29-31-49-33-35(51-37(43)30-28-26-8-6-4-2)34-50-41-39(45)40(53-54(46,47)48)38(44)36(32-42)52-41/h12-13,15-16,35-36,38-42,44-45H,3-11,14,17-34H2,1-2H3,(H,46,47,48)/b13-12-,16-15-. The second-order valence-electron chi connectivity index (χ2n) is 14.6. The molecule has 0 radical (unpaired) electrons. The van der Waals surface area contributed by atoms with E-state index in [4.69, 9.17) is 23.5 Å². The quantitative estimate of drug-likeness (QED) is 0.0208. The van der Waals surface area contributed by atoms with Crippen LogP contribution in [0.25, 0.3) is 0 Å². The lowest BCUT2D eigenvalue weighted by molar-refractivity contribution is -0.301. The third kappa shape index (κ3) is 27.2. The van der Waals surface area contributed by atoms with Crippen LogP contribution < -0.4 is 0 Å². The van der Waals surface area contributed by atoms with E-state index >= 15 is 0 Å². The highest BCUT2D eigenvalue weighted by Gasteiger charge is 2.48. The van der Waals surface area contributed by atoms with Gasteiger partial charge in [-0.2, -0.15) is 8.42 Å². The summed E-state index contributed by atoms with van der Waals surface area (Å²) >= 11 is 0. The van der Waals surface area contributed by atoms with E-state index in [1.807, 2.05) is 0 Å². The van der Waals surface area contributed by atoms with Crippen molar-refractivity contribution in [3.8, 4) is 0 Å². The molecule has 1 aliphatic rings. The summed E-state index contributed by atoms with van der Waals surface area (Å²) in [6.07, 6.45) is 27.1. The largest absolute Gasteiger partial charge is 0.457 e. The molecule has 54 heavy (non-hydrogen) atoms. The Bertz CT molecular complexity index is 1050. The average Bonchev–Trinajstić information content (AvgIpc) is 3.14. The number of aliphatic hydroxyl groups is 3. The molecule has 0 bridgehead atoms. The minimum absolute atomic E-state index is 0.0352. The van der Waals surface area contributed by atoms with Gasteiger partial charge in [0.05, 0.1) is 19.8 Å². The van der Waals surface area contributed by atoms with Gasteiger partial charge in [-0.25, -0.2) is 4.18 Å². The number of esters is 1. The molecular weight excluding hydrogens is 717 g/mol. The van der Waals surface area contributed by atoms with Gasteiger partial charge in [0.2, 0.25) is 0 Å². The van der Waals surface area contributed by atoms with Crippen LogP contribution in [-0.4, -0.2) is 97.5 Å². The number of allylic oxidation sites excluding steroid dienone is 4. The molecule has 0 amide bonds. The van der Waals surface area contributed by atoms with E-state index in [0.29, 0.717) is 13.0 Å². The fourth-order valence-corrected chi connectivity index (χ4v) is 6.86. The van der Waals surface area contributed by atoms with Crippen molar-refractivity contribution in [2.45, 2.75) is 205 Å². The molecular formula is C41H76O12S. The molecule has 0 aromatic rings. The Morgan fingerprint density at radius 1 is 0.704 bits per heavy atom. The van der Waals surface area contributed by atoms with E-state index < -0.39 is 59.8 Å². The van der Waals surface area contributed by atoms with Crippen LogP contribution >= 0.6 is 0 Å². The summed E-state index contributed by atoms with van der Waals surface area (Å²) in [5, 5.41) is 30.4. The molecule has 1 saturated heterocycles. The van der Waals surface area contributed by atoms with E-state index in [-0.39, 0.29) is 19.6 Å². The van der Waals surface area contributed by atoms with Gasteiger partial charge in [-0.3, -0.25) is 9.35 Å². The Labute approximate surface area is 327 Å². The van der Waals surface area contributed by atoms with Crippen molar-refractivity contribution in [1.82, 2.24) is 0 Å². The Balaban J connectivity index is 2.28. The number of carbonyl (C=O) groups excluding carboxylic acids is 1. The summed E-state index contributed by atoms with van der Waals surface area (Å²) in [6.45, 7) is 3.86. The highest BCUT2D eigenvalue weighted by atomic mass is 32.3. The molecule has 12 nitrogen and oxygen atoms in total. The van der Waals surface area contributed by atoms with E-state index in [1.54, 1.807) is 0 Å². The van der Waals surface area contributed by atoms with E-state index in [0.717, 1.165) is 51.4 Å². The maximum atomic E-state index is 12.6. The summed E-state index contributed by atoms with van der Waals surface area (Å²) in [7, 11) is -5.05. The van der Waals surface area contributed by atoms with Crippen molar-refractivity contribution >= 4 is 16.4 Å². The first-order valence-corrected chi connectivity index (χ1v) is 22.5. The number of hydrogen-bond donors (Lipinski definition) is 4. The molecule has 318 valence electrons. The van der Waals surface area contributed by atoms with E-state index in [9.17, 15) is 28.5 Å². The zero-order valence-corrected chi connectivity index (χ0v) is 34.4. The second kappa shape index (κ2) is 33.7. The molecule has 0 saturated carbocycles. The van der Waals surface area contributed by atoms with Gasteiger partial charge in [0.1, 0.15) is 30.5 Å². The molecule has 0 aromatic heterocycles. The Morgan fingerprint density at radius 3 is 1.76 bits per heavy atom. The predicted molar refractivity (Wildman–Crippen MR) is 211 cm³/mol. The van der Waals surface area contributed by atoms with Gasteiger partial charge in [0, 0.05) is 13.0 Å². The van der Waals surface area contributed by atoms with Crippen molar-refractivity contribution < 1.29 is 56.2 Å². The molecule has 4 N–H and O–H groups in total. The number of hydrogen-bond acceptors (Lipinski definition) is 11. The Hall–Kier alpha value is -1.42. The Kier molecular flexibility index (Phi) is 31.6. The number of carbonyl (C=O) groups is 1. The SMILES string of the molecule is CCCCCCC/C=C\C/C=C\CCCCCCCCCCCCOCC(COC1OC(CO)C(O)C(OS(=O)(=O)O)C1O)OC(=O)CCCCCCC. The average molecular weight is 793 g/mol. The van der Waals surface area contributed by atoms with Gasteiger partial charge in [-0.05, 0) is 44.9 Å². The van der Waals surface area contributed by atoms with Gasteiger partial charge < -0.3 is 34.3 Å². The highest BCUT2D eigenvalue weighted by molar-refractivity contribution is 7.80. The van der Waals surface area contributed by atoms with Crippen molar-refractivity contribution in [1.29, 1.82) is 0 Å². The van der Waals surface area contributed by atoms with Crippen LogP contribution in [0.2, 0.25) is 0 Å². The maximum absolute atomic E-state index is 12.6. The number of unbranched alkanes of at least 4 members (excludes halogenated alkanes) is 19. The zero-order valence-electron chi connectivity index (χ0n) is 33.5. The first kappa shape index (κ1) is 50.6. The van der Waals surface area contributed by atoms with Gasteiger partial charge in [-0.1, -0.05) is 141 Å². The van der Waals surface area contributed by atoms with Gasteiger partial charge in [-0.15, -0.1) is 0 Å². The molecule has 0 aromatic carbocycles. The van der Waals surface area contributed by atoms with Crippen LogP contribution in [0.4, 0.5) is 0 Å². The summed E-state index contributed by atoms with van der Waals surface area (Å²) in [4.78, 5) is 12.6. The molecule has 6 unspecified atom stereocenters. The minimum atomic E-state index is -5.05. The van der Waals surface area contributed by atoms with E-state index in [1.165, 1.54) is 89.9 Å². The summed E-state index contributed by atoms with van der Waals surface area (Å²) in [6, 6.07) is 0. The molecule has 0 spiro atoms. The minimum Gasteiger partial charge on any atom is -0.457 e. The zero-order chi connectivity index (χ0) is 39.7. The summed E-state index contributed by atoms with van der Waals surface area (Å²) in [5.74, 6) is -0.413. The van der Waals surface area contributed by atoms with Crippen LogP contribution in [0.3, 0.4) is 0 Å². The van der Waals surface area contributed by atoms with E-state index in [2.05, 4.69) is 42.3 Å². The molecule has 1 aliphatic heterocycles. The molecule has 0 aliphatic carbocycles. The van der Waals surface area contributed by atoms with Crippen LogP contribution in [0, 0.1) is 0 Å². The first-order chi connectivity index (χ1) is 26.1. The first-order valence-electron chi connectivity index (χ1n) is 21.1. The third-order valence-corrected chi connectivity index (χ3v) is 10.0. The monoisotopic (exact) mass is 793 g/mol. The maximum Gasteiger partial charge on any atom is 0.397 e. The summed E-state index contributed by atoms with van der Waals surface area (Å²) < 4.78 is 58.6. The Morgan fingerprint density at radius 2 is 1.22 bits per heavy atom. The number of rotatable bonds is 36. The van der Waals surface area contributed by atoms with Crippen LogP contribution in [0.5, 0.6) is 0 Å². The normalized spacial score (nSPS) is 21.3. The fraction of sp³-hybridized carbons (Fsp3) is 0.878. The van der Waals surface area contributed by atoms with Crippen LogP contribution in [0.1, 0.15) is 168 Å². The lowest BCUT2D eigenvalue weighted by Crippen LogP contribution is -2.60. The molecule has 1 fully saturated rings. The van der Waals surface area contributed by atoms with Crippen molar-refractivity contribution in [2.24, 2.45) is 0 Å². The smallest absolute Gasteiger partial charge is 0.397 e. The third-order valence-electron chi connectivity index (χ3n) is 9.58. The number of aliphatic hydroxyl groups excluding tert-OH is 3. The lowest BCUT2D eigenvalue weighted by Gasteiger charge is -2.41. The second-order valence-corrected chi connectivity index (χ2v) is 15.6. The van der Waals surface area contributed by atoms with Crippen molar-refractivity contribution in [3.63, 3.8) is 0 Å². The van der Waals surface area contributed by atoms with Crippen LogP contribution in [-0.2, 0) is 38.3 Å².